The number of aliphatic hydroxyl groups excluding tert-OH is 1. The van der Waals surface area contributed by atoms with Gasteiger partial charge in [0.15, 0.2) is 5.78 Å². The summed E-state index contributed by atoms with van der Waals surface area (Å²) in [6.07, 6.45) is 2.43. The van der Waals surface area contributed by atoms with Gasteiger partial charge in [-0.1, -0.05) is 57.2 Å². The van der Waals surface area contributed by atoms with E-state index in [9.17, 15) is 33.5 Å². The molecular weight excluding hydrogens is 990 g/mol. The number of carbonyl (C=O) groups is 5. The molecule has 2 aromatic heterocycles. The van der Waals surface area contributed by atoms with Gasteiger partial charge in [0.1, 0.15) is 29.5 Å². The number of hydrogen-bond acceptors (Lipinski definition) is 10. The molecule has 4 heterocycles. The summed E-state index contributed by atoms with van der Waals surface area (Å²) >= 11 is 1.55. The summed E-state index contributed by atoms with van der Waals surface area (Å²) in [5, 5.41) is 27.5. The molecular formula is C55H61ClF2N8O7S. The van der Waals surface area contributed by atoms with Crippen molar-refractivity contribution in [2.24, 2.45) is 18.4 Å². The van der Waals surface area contributed by atoms with Crippen LogP contribution in [0.25, 0.3) is 21.6 Å². The largest absolute Gasteiger partial charge is 0.491 e. The van der Waals surface area contributed by atoms with Crippen LogP contribution in [-0.4, -0.2) is 91.4 Å². The van der Waals surface area contributed by atoms with E-state index in [0.29, 0.717) is 33.6 Å². The average molecular weight is 1050 g/mol. The molecule has 390 valence electrons. The second kappa shape index (κ2) is 22.6. The Kier molecular flexibility index (Phi) is 16.7. The van der Waals surface area contributed by atoms with E-state index in [2.05, 4.69) is 20.9 Å². The molecule has 1 saturated heterocycles. The van der Waals surface area contributed by atoms with Crippen LogP contribution >= 0.6 is 23.7 Å². The normalized spacial score (nSPS) is 17.1. The van der Waals surface area contributed by atoms with Crippen molar-refractivity contribution >= 4 is 53.2 Å². The number of aliphatic hydroxyl groups is 1. The summed E-state index contributed by atoms with van der Waals surface area (Å²) in [4.78, 5) is 75.9. The van der Waals surface area contributed by atoms with Crippen LogP contribution in [0.5, 0.6) is 5.75 Å². The minimum Gasteiger partial charge on any atom is -0.491 e. The van der Waals surface area contributed by atoms with Crippen molar-refractivity contribution in [2.45, 2.75) is 91.6 Å². The summed E-state index contributed by atoms with van der Waals surface area (Å²) in [7, 11) is 1.76. The smallest absolute Gasteiger partial charge is 0.254 e. The van der Waals surface area contributed by atoms with Crippen molar-refractivity contribution in [1.29, 1.82) is 5.41 Å². The first-order valence-electron chi connectivity index (χ1n) is 24.2. The standard InChI is InChI=1S/C55H60F2N8O7S.ClH/c1-30-20-38(56)13-14-40(30)41-23-34(26-64-19-18-63(7)54(64)58)24-43-47(68)37(28-72-48(41)43)21-33-8-15-44(57)42(22-33)51(69)59-17-16-46(67)62-50(55(4,5)6)53(71)65-27-39(66)25-45(65)52(70)61-31(2)35-9-11-36(12-10-35)49-32(3)60-29-73-49;/h8-15,18-20,22-24,29,31,37,39,45,50,58,66H,16-17,21,25-28H2,1-7H3,(H,59,69)(H,61,70)(H,62,67);1H/t31-,37-,39+,45-,50+;/m0./s1. The molecule has 4 aromatic carbocycles. The zero-order valence-electron chi connectivity index (χ0n) is 42.3. The van der Waals surface area contributed by atoms with Gasteiger partial charge in [-0.05, 0) is 102 Å². The number of fused-ring (bicyclic) bond motifs is 1. The molecule has 0 unspecified atom stereocenters. The molecule has 5 atom stereocenters. The van der Waals surface area contributed by atoms with Crippen LogP contribution in [0.2, 0.25) is 0 Å². The predicted octanol–water partition coefficient (Wildman–Crippen LogP) is 7.39. The van der Waals surface area contributed by atoms with Crippen molar-refractivity contribution in [3.8, 4) is 27.3 Å². The number of Topliss-reactive ketones (excluding diaryl/α,β-unsaturated/α-hetero) is 1. The lowest BCUT2D eigenvalue weighted by Gasteiger charge is -2.35. The molecule has 5 N–H and O–H groups in total. The molecule has 0 bridgehead atoms. The summed E-state index contributed by atoms with van der Waals surface area (Å²) in [6.45, 7) is 10.8. The third-order valence-corrected chi connectivity index (χ3v) is 14.6. The van der Waals surface area contributed by atoms with E-state index in [0.717, 1.165) is 33.3 Å². The van der Waals surface area contributed by atoms with Gasteiger partial charge in [0.2, 0.25) is 23.3 Å². The van der Waals surface area contributed by atoms with Crippen LogP contribution in [0.15, 0.2) is 90.7 Å². The topological polar surface area (TPSA) is 201 Å². The van der Waals surface area contributed by atoms with E-state index >= 15 is 4.39 Å². The summed E-state index contributed by atoms with van der Waals surface area (Å²) in [6, 6.07) is 17.3. The van der Waals surface area contributed by atoms with Crippen LogP contribution in [0.4, 0.5) is 8.78 Å². The van der Waals surface area contributed by atoms with Gasteiger partial charge in [-0.2, -0.15) is 0 Å². The van der Waals surface area contributed by atoms with Gasteiger partial charge in [0.05, 0.1) is 58.4 Å². The zero-order valence-corrected chi connectivity index (χ0v) is 43.9. The van der Waals surface area contributed by atoms with Crippen molar-refractivity contribution in [2.75, 3.05) is 19.7 Å². The number of carbonyl (C=O) groups excluding carboxylic acids is 5. The molecule has 0 saturated carbocycles. The number of aryl methyl sites for hydroxylation is 3. The number of likely N-dealkylation sites (tertiary alicyclic amines) is 1. The quantitative estimate of drug-likeness (QED) is 0.0701. The van der Waals surface area contributed by atoms with Gasteiger partial charge in [0.25, 0.3) is 5.91 Å². The lowest BCUT2D eigenvalue weighted by molar-refractivity contribution is -0.144. The number of rotatable bonds is 15. The predicted molar refractivity (Wildman–Crippen MR) is 279 cm³/mol. The van der Waals surface area contributed by atoms with Gasteiger partial charge >= 0.3 is 0 Å². The first-order chi connectivity index (χ1) is 34.7. The van der Waals surface area contributed by atoms with Crippen molar-refractivity contribution in [3.63, 3.8) is 0 Å². The number of nitrogens with zero attached hydrogens (tertiary/aromatic N) is 4. The minimum atomic E-state index is -1.10. The number of imidazole rings is 1. The van der Waals surface area contributed by atoms with Crippen LogP contribution in [0, 0.1) is 42.2 Å². The molecule has 15 nitrogen and oxygen atoms in total. The van der Waals surface area contributed by atoms with E-state index in [1.54, 1.807) is 85.3 Å². The van der Waals surface area contributed by atoms with Crippen LogP contribution < -0.4 is 26.3 Å². The number of aromatic nitrogens is 3. The van der Waals surface area contributed by atoms with Crippen molar-refractivity contribution in [3.05, 3.63) is 147 Å². The van der Waals surface area contributed by atoms with Crippen molar-refractivity contribution < 1.29 is 42.6 Å². The molecule has 4 amide bonds. The number of ether oxygens (including phenoxy) is 1. The van der Waals surface area contributed by atoms with Crippen LogP contribution in [0.1, 0.15) is 95.2 Å². The molecule has 1 fully saturated rings. The minimum absolute atomic E-state index is 0. The van der Waals surface area contributed by atoms with Gasteiger partial charge in [0, 0.05) is 50.9 Å². The fraction of sp³-hybridized carbons (Fsp3) is 0.364. The number of amides is 4. The molecule has 2 aliphatic rings. The molecule has 0 radical (unpaired) electrons. The van der Waals surface area contributed by atoms with E-state index in [1.807, 2.05) is 44.2 Å². The molecule has 8 rings (SSSR count). The maximum absolute atomic E-state index is 15.3. The highest BCUT2D eigenvalue weighted by Gasteiger charge is 2.45. The lowest BCUT2D eigenvalue weighted by atomic mass is 9.85. The number of ketones is 1. The Morgan fingerprint density at radius 3 is 2.34 bits per heavy atom. The number of benzene rings is 4. The monoisotopic (exact) mass is 1050 g/mol. The Labute approximate surface area is 438 Å². The molecule has 2 aliphatic heterocycles. The summed E-state index contributed by atoms with van der Waals surface area (Å²) in [5.74, 6) is -4.12. The molecule has 19 heteroatoms. The maximum atomic E-state index is 15.3. The SMILES string of the molecule is Cc1cc(F)ccc1-c1cc(Cn2ccn(C)c2=N)cc2c1OC[C@H](Cc1ccc(F)c(C(=O)NCCC(=O)N[C@H](C(=O)N3C[C@H](O)C[C@H]3C(=O)N[C@@H](C)c3ccc(-c4scnc4C)cc3)C(C)(C)C)c1)C2=O.Cl. The van der Waals surface area contributed by atoms with E-state index in [4.69, 9.17) is 10.1 Å². The Morgan fingerprint density at radius 1 is 0.946 bits per heavy atom. The fourth-order valence-corrected chi connectivity index (χ4v) is 10.3. The zero-order chi connectivity index (χ0) is 52.5. The van der Waals surface area contributed by atoms with Crippen molar-refractivity contribution in [1.82, 2.24) is 35.0 Å². The lowest BCUT2D eigenvalue weighted by Crippen LogP contribution is -2.58. The molecule has 0 spiro atoms. The van der Waals surface area contributed by atoms with Gasteiger partial charge in [-0.25, -0.2) is 13.8 Å². The summed E-state index contributed by atoms with van der Waals surface area (Å²) < 4.78 is 39.2. The second-order valence-corrected chi connectivity index (χ2v) is 21.0. The average Bonchev–Trinajstić information content (AvgIpc) is 4.06. The number of thiazole rings is 1. The third-order valence-electron chi connectivity index (χ3n) is 13.6. The molecule has 0 aliphatic carbocycles. The molecule has 6 aromatic rings. The Hall–Kier alpha value is -7.02. The Morgan fingerprint density at radius 2 is 1.68 bits per heavy atom. The molecule has 74 heavy (non-hydrogen) atoms. The number of hydrogen-bond donors (Lipinski definition) is 5. The first-order valence-corrected chi connectivity index (χ1v) is 25.1. The fourth-order valence-electron chi connectivity index (χ4n) is 9.52. The van der Waals surface area contributed by atoms with Crippen LogP contribution in [-0.2, 0) is 34.4 Å². The van der Waals surface area contributed by atoms with Crippen LogP contribution in [0.3, 0.4) is 0 Å². The van der Waals surface area contributed by atoms with E-state index < -0.39 is 70.8 Å². The first kappa shape index (κ1) is 54.7. The number of nitrogens with one attached hydrogen (secondary N) is 4. The highest BCUT2D eigenvalue weighted by molar-refractivity contribution is 7.13. The van der Waals surface area contributed by atoms with Gasteiger partial charge in [-0.3, -0.25) is 29.4 Å². The second-order valence-electron chi connectivity index (χ2n) is 20.1. The third kappa shape index (κ3) is 12.0. The van der Waals surface area contributed by atoms with E-state index in [1.165, 1.54) is 29.2 Å². The summed E-state index contributed by atoms with van der Waals surface area (Å²) in [5.41, 5.74) is 7.21. The maximum Gasteiger partial charge on any atom is 0.254 e. The Bertz CT molecular complexity index is 3170. The number of halogens is 3. The van der Waals surface area contributed by atoms with E-state index in [-0.39, 0.29) is 74.9 Å². The van der Waals surface area contributed by atoms with Gasteiger partial charge in [-0.15, -0.1) is 23.7 Å². The Balaban J connectivity index is 0.00000800. The van der Waals surface area contributed by atoms with Gasteiger partial charge < -0.3 is 39.8 Å². The number of β-amino-alcohol motifs (C(OH)–C–C–N with tert-alkyl or cyclic N) is 1. The highest BCUT2D eigenvalue weighted by Crippen LogP contribution is 2.41. The highest BCUT2D eigenvalue weighted by atomic mass is 35.5.